The molecule has 0 radical (unpaired) electrons. The molecule has 29 heavy (non-hydrogen) atoms. The summed E-state index contributed by atoms with van der Waals surface area (Å²) in [5.74, 6) is 0.758. The molecule has 5 rings (SSSR count). The number of nitrogens with two attached hydrogens (primary N) is 1. The van der Waals surface area contributed by atoms with Gasteiger partial charge in [0.1, 0.15) is 0 Å². The average Bonchev–Trinajstić information content (AvgIpc) is 3.02. The van der Waals surface area contributed by atoms with Crippen molar-refractivity contribution in [1.82, 2.24) is 9.80 Å². The van der Waals surface area contributed by atoms with Gasteiger partial charge in [0.25, 0.3) is 5.91 Å². The van der Waals surface area contributed by atoms with Crippen LogP contribution in [-0.2, 0) is 13.0 Å². The molecule has 0 spiro atoms. The molecule has 2 aromatic rings. The van der Waals surface area contributed by atoms with Gasteiger partial charge in [-0.3, -0.25) is 9.69 Å². The van der Waals surface area contributed by atoms with Crippen LogP contribution in [0, 0.1) is 5.92 Å². The predicted octanol–water partition coefficient (Wildman–Crippen LogP) is 3.77. The summed E-state index contributed by atoms with van der Waals surface area (Å²) < 4.78 is 0. The Hall–Kier alpha value is -1.59. The molecule has 0 unspecified atom stereocenters. The molecule has 2 bridgehead atoms. The summed E-state index contributed by atoms with van der Waals surface area (Å²) in [6.07, 6.45) is 3.36. The van der Waals surface area contributed by atoms with Gasteiger partial charge in [0, 0.05) is 37.8 Å². The van der Waals surface area contributed by atoms with Gasteiger partial charge >= 0.3 is 0 Å². The fourth-order valence-electron chi connectivity index (χ4n) is 4.51. The number of carbonyl (C=O) groups is 1. The van der Waals surface area contributed by atoms with Gasteiger partial charge in [0.2, 0.25) is 0 Å². The second kappa shape index (κ2) is 11.0. The average molecular weight is 436 g/mol. The first-order valence-electron chi connectivity index (χ1n) is 10.1. The van der Waals surface area contributed by atoms with E-state index in [-0.39, 0.29) is 30.7 Å². The zero-order valence-electron chi connectivity index (χ0n) is 16.7. The van der Waals surface area contributed by atoms with Crippen molar-refractivity contribution in [2.45, 2.75) is 31.8 Å². The molecule has 0 aliphatic carbocycles. The largest absolute Gasteiger partial charge is 0.337 e. The van der Waals surface area contributed by atoms with Gasteiger partial charge in [0.05, 0.1) is 0 Å². The number of nitrogens with zero attached hydrogens (tertiary/aromatic N) is 2. The zero-order valence-corrected chi connectivity index (χ0v) is 18.3. The van der Waals surface area contributed by atoms with Crippen LogP contribution in [0.2, 0.25) is 0 Å². The van der Waals surface area contributed by atoms with E-state index in [9.17, 15) is 4.79 Å². The summed E-state index contributed by atoms with van der Waals surface area (Å²) in [4.78, 5) is 17.6. The minimum absolute atomic E-state index is 0. The van der Waals surface area contributed by atoms with Crippen LogP contribution in [0.5, 0.6) is 0 Å². The van der Waals surface area contributed by atoms with Gasteiger partial charge in [-0.25, -0.2) is 0 Å². The maximum Gasteiger partial charge on any atom is 0.253 e. The van der Waals surface area contributed by atoms with Crippen LogP contribution in [0.3, 0.4) is 0 Å². The summed E-state index contributed by atoms with van der Waals surface area (Å²) >= 11 is 0. The molecule has 3 fully saturated rings. The lowest BCUT2D eigenvalue weighted by Gasteiger charge is -2.36. The molecular formula is C23H31Cl2N3O. The number of carbonyl (C=O) groups excluding carboxylic acids is 1. The zero-order chi connectivity index (χ0) is 18.6. The van der Waals surface area contributed by atoms with Crippen LogP contribution in [0.1, 0.15) is 34.3 Å². The maximum absolute atomic E-state index is 12.9. The van der Waals surface area contributed by atoms with Crippen LogP contribution in [0.25, 0.3) is 0 Å². The van der Waals surface area contributed by atoms with Crippen molar-refractivity contribution in [1.29, 1.82) is 0 Å². The van der Waals surface area contributed by atoms with Gasteiger partial charge < -0.3 is 10.6 Å². The van der Waals surface area contributed by atoms with Gasteiger partial charge in [-0.05, 0) is 55.0 Å². The lowest BCUT2D eigenvalue weighted by atomic mass is 9.94. The normalized spacial score (nSPS) is 21.1. The Morgan fingerprint density at radius 2 is 1.59 bits per heavy atom. The Kier molecular flexibility index (Phi) is 8.97. The topological polar surface area (TPSA) is 49.6 Å². The second-order valence-electron chi connectivity index (χ2n) is 7.96. The highest BCUT2D eigenvalue weighted by molar-refractivity contribution is 5.94. The SMILES string of the molecule is Cl.Cl.NCCc1ccc(CN2C[C@H]3CC[C@@H]2CN(C(=O)c2ccccc2)C3)cc1. The molecule has 3 aliphatic rings. The highest BCUT2D eigenvalue weighted by Gasteiger charge is 2.36. The summed E-state index contributed by atoms with van der Waals surface area (Å²) in [6.45, 7) is 4.48. The predicted molar refractivity (Wildman–Crippen MR) is 123 cm³/mol. The van der Waals surface area contributed by atoms with E-state index >= 15 is 0 Å². The Balaban J connectivity index is 0.00000150. The van der Waals surface area contributed by atoms with Crippen molar-refractivity contribution in [3.05, 3.63) is 71.3 Å². The van der Waals surface area contributed by atoms with E-state index in [1.165, 1.54) is 24.0 Å². The number of halogens is 2. The van der Waals surface area contributed by atoms with Crippen molar-refractivity contribution < 1.29 is 4.79 Å². The first-order chi connectivity index (χ1) is 13.2. The number of benzene rings is 2. The number of piperidine rings is 1. The molecule has 1 amide bonds. The summed E-state index contributed by atoms with van der Waals surface area (Å²) in [6, 6.07) is 19.0. The van der Waals surface area contributed by atoms with Gasteiger partial charge in [-0.2, -0.15) is 0 Å². The molecule has 3 heterocycles. The Bertz CT molecular complexity index is 769. The molecule has 3 aliphatic heterocycles. The standard InChI is InChI=1S/C23H29N3O.2ClH/c24-13-12-18-6-8-19(9-7-18)14-25-15-20-10-11-22(25)17-26(16-20)23(27)21-4-2-1-3-5-21;;/h1-9,20,22H,10-17,24H2;2*1H/t20-,22-;;/m1../s1. The minimum Gasteiger partial charge on any atom is -0.337 e. The minimum atomic E-state index is 0. The highest BCUT2D eigenvalue weighted by atomic mass is 35.5. The summed E-state index contributed by atoms with van der Waals surface area (Å²) in [5.41, 5.74) is 9.11. The van der Waals surface area contributed by atoms with E-state index in [4.69, 9.17) is 5.73 Å². The first-order valence-corrected chi connectivity index (χ1v) is 10.1. The van der Waals surface area contributed by atoms with Crippen LogP contribution in [-0.4, -0.2) is 47.9 Å². The number of rotatable bonds is 5. The van der Waals surface area contributed by atoms with E-state index in [1.54, 1.807) is 0 Å². The molecule has 158 valence electrons. The van der Waals surface area contributed by atoms with Crippen LogP contribution in [0.4, 0.5) is 0 Å². The molecule has 0 aromatic heterocycles. The first kappa shape index (κ1) is 23.7. The van der Waals surface area contributed by atoms with Crippen LogP contribution >= 0.6 is 24.8 Å². The Morgan fingerprint density at radius 3 is 2.28 bits per heavy atom. The van der Waals surface area contributed by atoms with E-state index in [1.807, 2.05) is 30.3 Å². The van der Waals surface area contributed by atoms with E-state index in [2.05, 4.69) is 34.1 Å². The van der Waals surface area contributed by atoms with Crippen molar-refractivity contribution >= 4 is 30.7 Å². The molecule has 4 nitrogen and oxygen atoms in total. The third-order valence-corrected chi connectivity index (χ3v) is 5.98. The smallest absolute Gasteiger partial charge is 0.253 e. The Morgan fingerprint density at radius 1 is 0.897 bits per heavy atom. The fraction of sp³-hybridized carbons (Fsp3) is 0.435. The molecule has 3 saturated heterocycles. The molecule has 2 N–H and O–H groups in total. The molecular weight excluding hydrogens is 405 g/mol. The number of hydrogen-bond acceptors (Lipinski definition) is 3. The van der Waals surface area contributed by atoms with Crippen LogP contribution in [0.15, 0.2) is 54.6 Å². The lowest BCUT2D eigenvalue weighted by Crippen LogP contribution is -2.43. The van der Waals surface area contributed by atoms with Crippen LogP contribution < -0.4 is 5.73 Å². The quantitative estimate of drug-likeness (QED) is 0.777. The van der Waals surface area contributed by atoms with Crippen molar-refractivity contribution in [3.8, 4) is 0 Å². The number of fused-ring (bicyclic) bond motifs is 4. The van der Waals surface area contributed by atoms with Crippen molar-refractivity contribution in [2.24, 2.45) is 11.7 Å². The van der Waals surface area contributed by atoms with Gasteiger partial charge in [0.15, 0.2) is 0 Å². The van der Waals surface area contributed by atoms with E-state index in [0.29, 0.717) is 18.5 Å². The van der Waals surface area contributed by atoms with Gasteiger partial charge in [-0.15, -0.1) is 24.8 Å². The van der Waals surface area contributed by atoms with E-state index in [0.717, 1.165) is 38.2 Å². The maximum atomic E-state index is 12.9. The lowest BCUT2D eigenvalue weighted by molar-refractivity contribution is 0.0736. The summed E-state index contributed by atoms with van der Waals surface area (Å²) in [7, 11) is 0. The molecule has 0 saturated carbocycles. The third-order valence-electron chi connectivity index (χ3n) is 5.98. The summed E-state index contributed by atoms with van der Waals surface area (Å²) in [5, 5.41) is 0. The molecule has 2 aromatic carbocycles. The number of amides is 1. The third kappa shape index (κ3) is 5.73. The second-order valence-corrected chi connectivity index (χ2v) is 7.96. The van der Waals surface area contributed by atoms with Crippen molar-refractivity contribution in [2.75, 3.05) is 26.2 Å². The molecule has 2 atom stereocenters. The van der Waals surface area contributed by atoms with Gasteiger partial charge in [-0.1, -0.05) is 42.5 Å². The Labute approximate surface area is 186 Å². The number of hydrogen-bond donors (Lipinski definition) is 1. The fourth-order valence-corrected chi connectivity index (χ4v) is 4.51. The molecule has 6 heteroatoms. The monoisotopic (exact) mass is 435 g/mol. The highest BCUT2D eigenvalue weighted by Crippen LogP contribution is 2.30. The van der Waals surface area contributed by atoms with E-state index < -0.39 is 0 Å². The van der Waals surface area contributed by atoms with Crippen molar-refractivity contribution in [3.63, 3.8) is 0 Å².